The van der Waals surface area contributed by atoms with Crippen LogP contribution in [0.4, 0.5) is 0 Å². The van der Waals surface area contributed by atoms with E-state index in [-0.39, 0.29) is 11.5 Å². The third-order valence-corrected chi connectivity index (χ3v) is 10.3. The molecule has 0 aromatic heterocycles. The van der Waals surface area contributed by atoms with Gasteiger partial charge in [0, 0.05) is 0 Å². The summed E-state index contributed by atoms with van der Waals surface area (Å²) in [6.45, 7) is 11.6. The predicted molar refractivity (Wildman–Crippen MR) is 120 cm³/mol. The van der Waals surface area contributed by atoms with Crippen molar-refractivity contribution in [3.05, 3.63) is 23.3 Å². The second-order valence-electron chi connectivity index (χ2n) is 11.8. The van der Waals surface area contributed by atoms with Gasteiger partial charge in [0.25, 0.3) is 0 Å². The lowest BCUT2D eigenvalue weighted by atomic mass is 9.46. The van der Waals surface area contributed by atoms with Gasteiger partial charge in [0.2, 0.25) is 0 Å². The van der Waals surface area contributed by atoms with Gasteiger partial charge >= 0.3 is 0 Å². The van der Waals surface area contributed by atoms with Crippen molar-refractivity contribution in [2.45, 2.75) is 111 Å². The second-order valence-corrected chi connectivity index (χ2v) is 11.8. The van der Waals surface area contributed by atoms with Crippen LogP contribution in [0.2, 0.25) is 0 Å². The largest absolute Gasteiger partial charge is 0.393 e. The first-order chi connectivity index (χ1) is 13.6. The summed E-state index contributed by atoms with van der Waals surface area (Å²) in [4.78, 5) is 0. The molecule has 29 heavy (non-hydrogen) atoms. The maximum atomic E-state index is 12.0. The summed E-state index contributed by atoms with van der Waals surface area (Å²) in [5.41, 5.74) is 2.78. The zero-order valence-corrected chi connectivity index (χ0v) is 19.5. The van der Waals surface area contributed by atoms with Crippen molar-refractivity contribution in [3.63, 3.8) is 0 Å². The number of allylic oxidation sites excluding steroid dienone is 3. The molecule has 0 aliphatic heterocycles. The average molecular weight is 401 g/mol. The van der Waals surface area contributed by atoms with E-state index in [9.17, 15) is 10.2 Å². The van der Waals surface area contributed by atoms with E-state index < -0.39 is 5.60 Å². The van der Waals surface area contributed by atoms with E-state index in [1.54, 1.807) is 5.57 Å². The van der Waals surface area contributed by atoms with Gasteiger partial charge in [-0.3, -0.25) is 0 Å². The Morgan fingerprint density at radius 1 is 1.14 bits per heavy atom. The molecule has 2 heteroatoms. The molecule has 2 nitrogen and oxygen atoms in total. The molecule has 0 unspecified atom stereocenters. The van der Waals surface area contributed by atoms with E-state index >= 15 is 0 Å². The van der Waals surface area contributed by atoms with Crippen LogP contribution < -0.4 is 0 Å². The summed E-state index contributed by atoms with van der Waals surface area (Å²) < 4.78 is 0. The molecule has 2 N–H and O–H groups in total. The molecule has 0 aromatic carbocycles. The zero-order chi connectivity index (χ0) is 21.0. The number of hydrogen-bond acceptors (Lipinski definition) is 2. The Hall–Kier alpha value is -0.600. The Morgan fingerprint density at radius 2 is 1.86 bits per heavy atom. The molecule has 0 spiro atoms. The third-order valence-electron chi connectivity index (χ3n) is 10.3. The third kappa shape index (κ3) is 3.28. The first-order valence-corrected chi connectivity index (χ1v) is 12.3. The molecule has 0 saturated heterocycles. The molecule has 0 radical (unpaired) electrons. The summed E-state index contributed by atoms with van der Waals surface area (Å²) in [5, 5.41) is 22.2. The van der Waals surface area contributed by atoms with E-state index in [1.807, 2.05) is 0 Å². The minimum absolute atomic E-state index is 0.0639. The van der Waals surface area contributed by atoms with Crippen LogP contribution in [-0.2, 0) is 0 Å². The minimum atomic E-state index is -0.508. The van der Waals surface area contributed by atoms with Crippen molar-refractivity contribution in [1.29, 1.82) is 0 Å². The van der Waals surface area contributed by atoms with Crippen molar-refractivity contribution < 1.29 is 10.2 Å². The van der Waals surface area contributed by atoms with Crippen LogP contribution in [0.25, 0.3) is 0 Å². The zero-order valence-electron chi connectivity index (χ0n) is 19.5. The molecular weight excluding hydrogens is 356 g/mol. The lowest BCUT2D eigenvalue weighted by Crippen LogP contribution is -2.56. The quantitative estimate of drug-likeness (QED) is 0.534. The number of rotatable bonds is 4. The lowest BCUT2D eigenvalue weighted by molar-refractivity contribution is -0.150. The molecule has 0 amide bonds. The summed E-state index contributed by atoms with van der Waals surface area (Å²) in [6, 6.07) is 0. The van der Waals surface area contributed by atoms with Crippen molar-refractivity contribution in [1.82, 2.24) is 0 Å². The Labute approximate surface area is 178 Å². The van der Waals surface area contributed by atoms with Crippen LogP contribution in [0.3, 0.4) is 0 Å². The lowest BCUT2D eigenvalue weighted by Gasteiger charge is -2.59. The van der Waals surface area contributed by atoms with E-state index in [1.165, 1.54) is 31.3 Å². The molecule has 3 fully saturated rings. The average Bonchev–Trinajstić information content (AvgIpc) is 2.94. The van der Waals surface area contributed by atoms with Gasteiger partial charge in [-0.05, 0) is 113 Å². The molecule has 0 bridgehead atoms. The van der Waals surface area contributed by atoms with Gasteiger partial charge in [-0.2, -0.15) is 0 Å². The van der Waals surface area contributed by atoms with Crippen LogP contribution >= 0.6 is 0 Å². The SMILES string of the molecule is CC(C)=CCC[C@@H](C)[C@]1(O)CC[C@H]2[C@@H]3CC=C4C[C@H](O)CC[C@]4(C)[C@H]3CC[C@@]21C. The normalized spacial score (nSPS) is 47.5. The first kappa shape index (κ1) is 21.6. The fourth-order valence-electron chi connectivity index (χ4n) is 8.36. The van der Waals surface area contributed by atoms with E-state index in [0.29, 0.717) is 17.3 Å². The Bertz CT molecular complexity index is 689. The summed E-state index contributed by atoms with van der Waals surface area (Å²) in [7, 11) is 0. The maximum Gasteiger partial charge on any atom is 0.0729 e. The highest BCUT2D eigenvalue weighted by atomic mass is 16.3. The van der Waals surface area contributed by atoms with Crippen molar-refractivity contribution >= 4 is 0 Å². The molecule has 164 valence electrons. The van der Waals surface area contributed by atoms with Gasteiger partial charge in [0.1, 0.15) is 0 Å². The highest BCUT2D eigenvalue weighted by Gasteiger charge is 2.64. The molecule has 0 aromatic rings. The standard InChI is InChI=1S/C27H44O2/c1-18(2)7-6-8-19(3)27(29)16-13-24-22-10-9-20-17-21(28)11-14-25(20,4)23(22)12-15-26(24,27)5/h7,9,19,21-24,28-29H,6,8,10-17H2,1-5H3/t19-,21-,22-,23+,24+,25+,26+,27-/m1/s1. The molecule has 4 aliphatic carbocycles. The van der Waals surface area contributed by atoms with Crippen LogP contribution in [-0.4, -0.2) is 21.9 Å². The smallest absolute Gasteiger partial charge is 0.0729 e. The Kier molecular flexibility index (Phi) is 5.61. The van der Waals surface area contributed by atoms with Crippen LogP contribution in [0.1, 0.15) is 98.8 Å². The maximum absolute atomic E-state index is 12.0. The van der Waals surface area contributed by atoms with Crippen molar-refractivity contribution in [2.75, 3.05) is 0 Å². The molecule has 8 atom stereocenters. The number of aliphatic hydroxyl groups excluding tert-OH is 1. The Balaban J connectivity index is 1.56. The van der Waals surface area contributed by atoms with Gasteiger partial charge < -0.3 is 10.2 Å². The van der Waals surface area contributed by atoms with Crippen LogP contribution in [0.5, 0.6) is 0 Å². The first-order valence-electron chi connectivity index (χ1n) is 12.3. The molecule has 4 aliphatic rings. The summed E-state index contributed by atoms with van der Waals surface area (Å²) >= 11 is 0. The number of aliphatic hydroxyl groups is 2. The molecule has 3 saturated carbocycles. The minimum Gasteiger partial charge on any atom is -0.393 e. The number of fused-ring (bicyclic) bond motifs is 5. The van der Waals surface area contributed by atoms with Gasteiger partial charge in [0.05, 0.1) is 11.7 Å². The molecule has 4 rings (SSSR count). The summed E-state index contributed by atoms with van der Waals surface area (Å²) in [5.74, 6) is 2.48. The monoisotopic (exact) mass is 400 g/mol. The molecular formula is C27H44O2. The second kappa shape index (κ2) is 7.52. The Morgan fingerprint density at radius 3 is 2.59 bits per heavy atom. The number of hydrogen-bond donors (Lipinski definition) is 2. The van der Waals surface area contributed by atoms with Gasteiger partial charge in [-0.15, -0.1) is 0 Å². The topological polar surface area (TPSA) is 40.5 Å². The summed E-state index contributed by atoms with van der Waals surface area (Å²) in [6.07, 6.45) is 15.7. The fourth-order valence-corrected chi connectivity index (χ4v) is 8.36. The fraction of sp³-hybridized carbons (Fsp3) is 0.852. The van der Waals surface area contributed by atoms with E-state index in [4.69, 9.17) is 0 Å². The van der Waals surface area contributed by atoms with E-state index in [2.05, 4.69) is 46.8 Å². The van der Waals surface area contributed by atoms with Gasteiger partial charge in [-0.1, -0.05) is 44.1 Å². The van der Waals surface area contributed by atoms with Crippen LogP contribution in [0, 0.1) is 34.5 Å². The van der Waals surface area contributed by atoms with Gasteiger partial charge in [-0.25, -0.2) is 0 Å². The highest BCUT2D eigenvalue weighted by Crippen LogP contribution is 2.68. The van der Waals surface area contributed by atoms with E-state index in [0.717, 1.165) is 50.4 Å². The van der Waals surface area contributed by atoms with Crippen molar-refractivity contribution in [3.8, 4) is 0 Å². The van der Waals surface area contributed by atoms with Crippen LogP contribution in [0.15, 0.2) is 23.3 Å². The highest BCUT2D eigenvalue weighted by molar-refractivity contribution is 5.26. The molecule has 0 heterocycles. The van der Waals surface area contributed by atoms with Gasteiger partial charge in [0.15, 0.2) is 0 Å². The van der Waals surface area contributed by atoms with Crippen molar-refractivity contribution in [2.24, 2.45) is 34.5 Å². The predicted octanol–water partition coefficient (Wildman–Crippen LogP) is 6.42.